The Morgan fingerprint density at radius 3 is 2.50 bits per heavy atom. The second-order valence-corrected chi connectivity index (χ2v) is 4.74. The van der Waals surface area contributed by atoms with Gasteiger partial charge in [-0.05, 0) is 52.9 Å². The fourth-order valence-electron chi connectivity index (χ4n) is 1.38. The normalized spacial score (nSPS) is 10.1. The minimum absolute atomic E-state index is 0.109. The van der Waals surface area contributed by atoms with E-state index in [4.69, 9.17) is 5.73 Å². The van der Waals surface area contributed by atoms with E-state index in [0.29, 0.717) is 0 Å². The van der Waals surface area contributed by atoms with Crippen LogP contribution in [0.15, 0.2) is 36.4 Å². The lowest BCUT2D eigenvalue weighted by molar-refractivity contribution is -0.384. The number of pyridine rings is 1. The highest BCUT2D eigenvalue weighted by atomic mass is 127. The van der Waals surface area contributed by atoms with E-state index in [1.165, 1.54) is 12.1 Å². The van der Waals surface area contributed by atoms with E-state index in [0.717, 1.165) is 9.26 Å². The molecule has 0 aliphatic rings. The summed E-state index contributed by atoms with van der Waals surface area (Å²) in [5.74, 6) is 0.370. The summed E-state index contributed by atoms with van der Waals surface area (Å²) in [6.45, 7) is 0. The number of nitrogens with two attached hydrogens (primary N) is 1. The summed E-state index contributed by atoms with van der Waals surface area (Å²) >= 11 is 2.18. The van der Waals surface area contributed by atoms with Crippen LogP contribution < -0.4 is 11.1 Å². The number of hydrogen-bond acceptors (Lipinski definition) is 5. The van der Waals surface area contributed by atoms with Gasteiger partial charge in [-0.3, -0.25) is 10.1 Å². The molecule has 2 rings (SSSR count). The van der Waals surface area contributed by atoms with E-state index in [-0.39, 0.29) is 17.3 Å². The van der Waals surface area contributed by atoms with Crippen molar-refractivity contribution in [3.8, 4) is 0 Å². The van der Waals surface area contributed by atoms with Crippen molar-refractivity contribution in [1.29, 1.82) is 0 Å². The van der Waals surface area contributed by atoms with Gasteiger partial charge in [0.25, 0.3) is 0 Å². The van der Waals surface area contributed by atoms with E-state index >= 15 is 0 Å². The molecule has 0 radical (unpaired) electrons. The van der Waals surface area contributed by atoms with Crippen LogP contribution in [0.3, 0.4) is 0 Å². The molecule has 0 amide bonds. The number of nitrogens with zero attached hydrogens (tertiary/aromatic N) is 2. The average molecular weight is 356 g/mol. The Labute approximate surface area is 117 Å². The fraction of sp³-hybridized carbons (Fsp3) is 0. The molecule has 18 heavy (non-hydrogen) atoms. The van der Waals surface area contributed by atoms with Crippen molar-refractivity contribution in [3.05, 3.63) is 50.1 Å². The molecule has 0 aliphatic carbocycles. The maximum absolute atomic E-state index is 10.9. The molecule has 2 aromatic rings. The molecule has 0 atom stereocenters. The van der Waals surface area contributed by atoms with Crippen LogP contribution in [0.4, 0.5) is 23.0 Å². The van der Waals surface area contributed by atoms with Gasteiger partial charge in [0.2, 0.25) is 5.82 Å². The van der Waals surface area contributed by atoms with E-state index < -0.39 is 4.92 Å². The maximum atomic E-state index is 10.9. The van der Waals surface area contributed by atoms with Crippen LogP contribution in [0.2, 0.25) is 0 Å². The van der Waals surface area contributed by atoms with Crippen LogP contribution in [-0.2, 0) is 0 Å². The minimum atomic E-state index is -0.499. The second-order valence-electron chi connectivity index (χ2n) is 3.49. The van der Waals surface area contributed by atoms with Gasteiger partial charge in [-0.2, -0.15) is 0 Å². The van der Waals surface area contributed by atoms with Crippen LogP contribution in [0.25, 0.3) is 0 Å². The molecular formula is C11H9IN4O2. The molecule has 1 heterocycles. The highest BCUT2D eigenvalue weighted by molar-refractivity contribution is 14.1. The first-order valence-corrected chi connectivity index (χ1v) is 6.07. The van der Waals surface area contributed by atoms with Gasteiger partial charge in [-0.1, -0.05) is 0 Å². The fourth-order valence-corrected chi connectivity index (χ4v) is 1.74. The first kappa shape index (κ1) is 12.6. The number of nitrogens with one attached hydrogen (secondary N) is 1. The van der Waals surface area contributed by atoms with Crippen molar-refractivity contribution in [2.45, 2.75) is 0 Å². The van der Waals surface area contributed by atoms with Crippen LogP contribution in [0.1, 0.15) is 0 Å². The molecule has 7 heteroatoms. The third-order valence-electron chi connectivity index (χ3n) is 2.20. The zero-order valence-electron chi connectivity index (χ0n) is 9.13. The average Bonchev–Trinajstić information content (AvgIpc) is 2.32. The number of nitro groups is 1. The van der Waals surface area contributed by atoms with Crippen LogP contribution in [-0.4, -0.2) is 9.91 Å². The zero-order valence-corrected chi connectivity index (χ0v) is 11.3. The Kier molecular flexibility index (Phi) is 3.60. The first-order valence-electron chi connectivity index (χ1n) is 5.00. The van der Waals surface area contributed by atoms with Crippen LogP contribution in [0, 0.1) is 13.7 Å². The van der Waals surface area contributed by atoms with Crippen molar-refractivity contribution >= 4 is 45.6 Å². The quantitative estimate of drug-likeness (QED) is 0.501. The standard InChI is InChI=1S/C11H9IN4O2/c12-7-1-3-8(4-2-7)14-11-9(16(17)18)5-6-10(13)15-11/h1-6H,(H3,13,14,15). The van der Waals surface area contributed by atoms with Crippen molar-refractivity contribution in [2.75, 3.05) is 11.1 Å². The van der Waals surface area contributed by atoms with E-state index in [9.17, 15) is 10.1 Å². The first-order chi connectivity index (χ1) is 8.56. The smallest absolute Gasteiger partial charge is 0.311 e. The maximum Gasteiger partial charge on any atom is 0.311 e. The SMILES string of the molecule is Nc1ccc([N+](=O)[O-])c(Nc2ccc(I)cc2)n1. The Bertz CT molecular complexity index is 586. The molecule has 3 N–H and O–H groups in total. The van der Waals surface area contributed by atoms with Crippen molar-refractivity contribution in [2.24, 2.45) is 0 Å². The molecule has 0 bridgehead atoms. The molecule has 0 saturated carbocycles. The molecule has 6 nitrogen and oxygen atoms in total. The van der Waals surface area contributed by atoms with Gasteiger partial charge in [0.15, 0.2) is 0 Å². The molecule has 0 aliphatic heterocycles. The summed E-state index contributed by atoms with van der Waals surface area (Å²) in [7, 11) is 0. The van der Waals surface area contributed by atoms with Gasteiger partial charge in [-0.25, -0.2) is 4.98 Å². The summed E-state index contributed by atoms with van der Waals surface area (Å²) in [5.41, 5.74) is 6.14. The van der Waals surface area contributed by atoms with Gasteiger partial charge >= 0.3 is 5.69 Å². The highest BCUT2D eigenvalue weighted by Crippen LogP contribution is 2.26. The summed E-state index contributed by atoms with van der Waals surface area (Å²) < 4.78 is 1.08. The van der Waals surface area contributed by atoms with Crippen LogP contribution >= 0.6 is 22.6 Å². The topological polar surface area (TPSA) is 94.1 Å². The number of anilines is 3. The lowest BCUT2D eigenvalue weighted by atomic mass is 10.3. The van der Waals surface area contributed by atoms with E-state index in [2.05, 4.69) is 32.9 Å². The Morgan fingerprint density at radius 2 is 1.89 bits per heavy atom. The minimum Gasteiger partial charge on any atom is -0.384 e. The molecule has 0 saturated heterocycles. The van der Waals surface area contributed by atoms with Crippen molar-refractivity contribution in [1.82, 2.24) is 4.98 Å². The third-order valence-corrected chi connectivity index (χ3v) is 2.92. The van der Waals surface area contributed by atoms with Gasteiger partial charge in [-0.15, -0.1) is 0 Å². The van der Waals surface area contributed by atoms with Gasteiger partial charge in [0.1, 0.15) is 5.82 Å². The van der Waals surface area contributed by atoms with Gasteiger partial charge in [0.05, 0.1) is 4.92 Å². The van der Waals surface area contributed by atoms with Crippen molar-refractivity contribution < 1.29 is 4.92 Å². The number of aromatic nitrogens is 1. The second kappa shape index (κ2) is 5.17. The lowest BCUT2D eigenvalue weighted by Gasteiger charge is -2.06. The number of nitrogen functional groups attached to an aromatic ring is 1. The summed E-state index contributed by atoms with van der Waals surface area (Å²) in [6, 6.07) is 10.1. The monoisotopic (exact) mass is 356 g/mol. The summed E-state index contributed by atoms with van der Waals surface area (Å²) in [5, 5.41) is 13.7. The summed E-state index contributed by atoms with van der Waals surface area (Å²) in [4.78, 5) is 14.3. The molecule has 0 fully saturated rings. The third kappa shape index (κ3) is 2.86. The zero-order chi connectivity index (χ0) is 13.1. The van der Waals surface area contributed by atoms with Gasteiger partial charge in [0, 0.05) is 15.3 Å². The Hall–Kier alpha value is -1.90. The van der Waals surface area contributed by atoms with Gasteiger partial charge < -0.3 is 11.1 Å². The molecule has 0 unspecified atom stereocenters. The molecule has 92 valence electrons. The van der Waals surface area contributed by atoms with Crippen molar-refractivity contribution in [3.63, 3.8) is 0 Å². The predicted molar refractivity (Wildman–Crippen MR) is 77.7 cm³/mol. The van der Waals surface area contributed by atoms with E-state index in [1.54, 1.807) is 0 Å². The van der Waals surface area contributed by atoms with E-state index in [1.807, 2.05) is 24.3 Å². The molecular weight excluding hydrogens is 347 g/mol. The largest absolute Gasteiger partial charge is 0.384 e. The molecule has 1 aromatic carbocycles. The number of halogens is 1. The van der Waals surface area contributed by atoms with Crippen LogP contribution in [0.5, 0.6) is 0 Å². The Balaban J connectivity index is 2.35. The predicted octanol–water partition coefficient (Wildman–Crippen LogP) is 2.92. The molecule has 0 spiro atoms. The number of benzene rings is 1. The Morgan fingerprint density at radius 1 is 1.22 bits per heavy atom. The summed E-state index contributed by atoms with van der Waals surface area (Å²) in [6.07, 6.45) is 0. The number of hydrogen-bond donors (Lipinski definition) is 2. The number of rotatable bonds is 3. The lowest BCUT2D eigenvalue weighted by Crippen LogP contribution is -2.01. The highest BCUT2D eigenvalue weighted by Gasteiger charge is 2.15. The molecule has 1 aromatic heterocycles.